The van der Waals surface area contributed by atoms with Gasteiger partial charge in [0.25, 0.3) is 5.91 Å². The second-order valence-corrected chi connectivity index (χ2v) is 7.97. The molecule has 4 nitrogen and oxygen atoms in total. The first-order valence-corrected chi connectivity index (χ1v) is 10.6. The lowest BCUT2D eigenvalue weighted by Crippen LogP contribution is -2.41. The lowest BCUT2D eigenvalue weighted by atomic mass is 9.90. The van der Waals surface area contributed by atoms with Crippen LogP contribution in [0.5, 0.6) is 0 Å². The predicted octanol–water partition coefficient (Wildman–Crippen LogP) is 4.96. The van der Waals surface area contributed by atoms with Crippen LogP contribution in [0.2, 0.25) is 0 Å². The first-order valence-electron chi connectivity index (χ1n) is 10.6. The minimum Gasteiger partial charge on any atom is -0.375 e. The number of ketones is 1. The Labute approximate surface area is 188 Å². The largest absolute Gasteiger partial charge is 0.375 e. The molecule has 1 aliphatic heterocycles. The van der Waals surface area contributed by atoms with E-state index in [4.69, 9.17) is 0 Å². The number of rotatable bonds is 7. The molecule has 0 fully saturated rings. The Hall–Kier alpha value is -3.76. The van der Waals surface area contributed by atoms with Crippen LogP contribution in [0, 0.1) is 6.92 Å². The van der Waals surface area contributed by atoms with E-state index in [9.17, 15) is 14.7 Å². The monoisotopic (exact) mass is 423 g/mol. The molecule has 0 aliphatic carbocycles. The summed E-state index contributed by atoms with van der Waals surface area (Å²) in [5.74, 6) is -0.783. The molecule has 0 radical (unpaired) electrons. The average molecular weight is 424 g/mol. The number of anilines is 1. The number of nitrogens with zero attached hydrogens (tertiary/aromatic N) is 1. The maximum atomic E-state index is 13.3. The molecule has 1 aliphatic rings. The average Bonchev–Trinajstić information content (AvgIpc) is 3.01. The van der Waals surface area contributed by atoms with Crippen LogP contribution < -0.4 is 4.90 Å². The van der Waals surface area contributed by atoms with E-state index in [-0.39, 0.29) is 12.2 Å². The van der Waals surface area contributed by atoms with Gasteiger partial charge in [-0.2, -0.15) is 0 Å². The van der Waals surface area contributed by atoms with Gasteiger partial charge in [0, 0.05) is 5.56 Å². The van der Waals surface area contributed by atoms with Gasteiger partial charge in [0.05, 0.1) is 18.7 Å². The molecule has 1 N–H and O–H groups in total. The van der Waals surface area contributed by atoms with Crippen molar-refractivity contribution in [3.05, 3.63) is 119 Å². The topological polar surface area (TPSA) is 57.6 Å². The number of benzene rings is 3. The van der Waals surface area contributed by atoms with Crippen molar-refractivity contribution < 1.29 is 14.7 Å². The van der Waals surface area contributed by atoms with Gasteiger partial charge in [-0.3, -0.25) is 9.59 Å². The van der Waals surface area contributed by atoms with E-state index in [1.54, 1.807) is 29.2 Å². The van der Waals surface area contributed by atoms with Crippen molar-refractivity contribution in [1.29, 1.82) is 0 Å². The molecule has 1 atom stereocenters. The molecule has 0 bridgehead atoms. The Bertz CT molecular complexity index is 1200. The number of hydrogen-bond donors (Lipinski definition) is 1. The molecular weight excluding hydrogens is 398 g/mol. The Balaban J connectivity index is 1.53. The fourth-order valence-corrected chi connectivity index (χ4v) is 4.00. The molecule has 0 spiro atoms. The van der Waals surface area contributed by atoms with E-state index in [2.05, 4.69) is 0 Å². The van der Waals surface area contributed by atoms with Crippen LogP contribution in [0.1, 0.15) is 28.7 Å². The summed E-state index contributed by atoms with van der Waals surface area (Å²) in [6, 6.07) is 24.7. The van der Waals surface area contributed by atoms with Crippen LogP contribution in [0.3, 0.4) is 0 Å². The zero-order valence-electron chi connectivity index (χ0n) is 17.9. The van der Waals surface area contributed by atoms with E-state index in [0.717, 1.165) is 16.7 Å². The summed E-state index contributed by atoms with van der Waals surface area (Å²) in [6.45, 7) is 2.33. The van der Waals surface area contributed by atoms with E-state index in [1.165, 1.54) is 6.08 Å². The van der Waals surface area contributed by atoms with E-state index >= 15 is 0 Å². The molecule has 4 rings (SSSR count). The number of aryl methyl sites for hydroxylation is 1. The highest BCUT2D eigenvalue weighted by atomic mass is 16.3. The van der Waals surface area contributed by atoms with Crippen LogP contribution in [0.15, 0.2) is 97.1 Å². The zero-order chi connectivity index (χ0) is 22.6. The van der Waals surface area contributed by atoms with Crippen molar-refractivity contribution in [2.75, 3.05) is 4.90 Å². The van der Waals surface area contributed by atoms with Gasteiger partial charge >= 0.3 is 0 Å². The number of fused-ring (bicyclic) bond motifs is 1. The van der Waals surface area contributed by atoms with Gasteiger partial charge in [-0.1, -0.05) is 91.0 Å². The quantitative estimate of drug-likeness (QED) is 0.432. The number of para-hydroxylation sites is 1. The van der Waals surface area contributed by atoms with E-state index < -0.39 is 11.5 Å². The third-order valence-corrected chi connectivity index (χ3v) is 5.74. The third-order valence-electron chi connectivity index (χ3n) is 5.74. The van der Waals surface area contributed by atoms with Crippen molar-refractivity contribution in [3.8, 4) is 0 Å². The molecule has 1 heterocycles. The van der Waals surface area contributed by atoms with Gasteiger partial charge in [-0.05, 0) is 35.8 Å². The van der Waals surface area contributed by atoms with Crippen LogP contribution in [-0.2, 0) is 21.7 Å². The van der Waals surface area contributed by atoms with Crippen LogP contribution in [-0.4, -0.2) is 16.8 Å². The maximum Gasteiger partial charge on any atom is 0.264 e. The first kappa shape index (κ1) is 21.5. The molecule has 0 saturated heterocycles. The highest BCUT2D eigenvalue weighted by Gasteiger charge is 2.50. The van der Waals surface area contributed by atoms with Gasteiger partial charge < -0.3 is 10.0 Å². The fraction of sp³-hybridized carbons (Fsp3) is 0.143. The summed E-state index contributed by atoms with van der Waals surface area (Å²) in [4.78, 5) is 27.5. The fourth-order valence-electron chi connectivity index (χ4n) is 4.00. The number of aliphatic hydroxyl groups is 1. The number of allylic oxidation sites excluding steroid dienone is 3. The second-order valence-electron chi connectivity index (χ2n) is 7.97. The van der Waals surface area contributed by atoms with Crippen molar-refractivity contribution in [2.45, 2.75) is 25.5 Å². The van der Waals surface area contributed by atoms with Crippen LogP contribution in [0.25, 0.3) is 6.08 Å². The van der Waals surface area contributed by atoms with Crippen LogP contribution >= 0.6 is 0 Å². The molecule has 3 aromatic rings. The molecule has 1 amide bonds. The molecule has 0 unspecified atom stereocenters. The number of carbonyl (C=O) groups is 2. The molecule has 3 aromatic carbocycles. The highest BCUT2D eigenvalue weighted by molar-refractivity contribution is 6.09. The maximum absolute atomic E-state index is 13.3. The third kappa shape index (κ3) is 4.32. The summed E-state index contributed by atoms with van der Waals surface area (Å²) < 4.78 is 0. The van der Waals surface area contributed by atoms with E-state index in [0.29, 0.717) is 17.8 Å². The van der Waals surface area contributed by atoms with Crippen molar-refractivity contribution in [2.24, 2.45) is 0 Å². The number of carbonyl (C=O) groups excluding carboxylic acids is 2. The van der Waals surface area contributed by atoms with Gasteiger partial charge in [0.1, 0.15) is 0 Å². The molecular formula is C28H25NO3. The zero-order valence-corrected chi connectivity index (χ0v) is 17.9. The van der Waals surface area contributed by atoms with Gasteiger partial charge in [-0.25, -0.2) is 0 Å². The SMILES string of the molecule is Cc1ccccc1CN1C(=O)[C@@](O)(CC(=O)/C=C/C=C/c2ccccc2)c2ccccc21. The van der Waals surface area contributed by atoms with Gasteiger partial charge in [0.2, 0.25) is 0 Å². The minimum absolute atomic E-state index is 0.303. The number of amides is 1. The minimum atomic E-state index is -1.87. The summed E-state index contributed by atoms with van der Waals surface area (Å²) in [7, 11) is 0. The highest BCUT2D eigenvalue weighted by Crippen LogP contribution is 2.43. The van der Waals surface area contributed by atoms with Crippen LogP contribution in [0.4, 0.5) is 5.69 Å². The molecule has 160 valence electrons. The van der Waals surface area contributed by atoms with Gasteiger partial charge in [-0.15, -0.1) is 0 Å². The summed E-state index contributed by atoms with van der Waals surface area (Å²) >= 11 is 0. The van der Waals surface area contributed by atoms with Gasteiger partial charge in [0.15, 0.2) is 11.4 Å². The lowest BCUT2D eigenvalue weighted by Gasteiger charge is -2.23. The summed E-state index contributed by atoms with van der Waals surface area (Å²) in [5, 5.41) is 11.4. The molecule has 0 aromatic heterocycles. The Morgan fingerprint density at radius 3 is 2.41 bits per heavy atom. The second kappa shape index (κ2) is 9.16. The molecule has 4 heteroatoms. The Morgan fingerprint density at radius 1 is 0.938 bits per heavy atom. The lowest BCUT2D eigenvalue weighted by molar-refractivity contribution is -0.140. The predicted molar refractivity (Wildman–Crippen MR) is 127 cm³/mol. The number of hydrogen-bond acceptors (Lipinski definition) is 3. The Kier molecular flexibility index (Phi) is 6.15. The smallest absolute Gasteiger partial charge is 0.264 e. The summed E-state index contributed by atoms with van der Waals surface area (Å²) in [5.41, 5.74) is 2.33. The molecule has 0 saturated carbocycles. The van der Waals surface area contributed by atoms with Crippen molar-refractivity contribution in [3.63, 3.8) is 0 Å². The molecule has 32 heavy (non-hydrogen) atoms. The van der Waals surface area contributed by atoms with Crippen molar-refractivity contribution in [1.82, 2.24) is 0 Å². The Morgan fingerprint density at radius 2 is 1.62 bits per heavy atom. The van der Waals surface area contributed by atoms with E-state index in [1.807, 2.05) is 79.7 Å². The summed E-state index contributed by atoms with van der Waals surface area (Å²) in [6.07, 6.45) is 6.39. The normalized spacial score (nSPS) is 17.9. The first-order chi connectivity index (χ1) is 15.5. The van der Waals surface area contributed by atoms with Crippen molar-refractivity contribution >= 4 is 23.5 Å². The standard InChI is InChI=1S/C28H25NO3/c1-21-11-5-7-15-23(21)20-29-26-18-10-9-17-25(26)28(32,27(29)31)19-24(30)16-8-6-14-22-12-3-2-4-13-22/h2-18,32H,19-20H2,1H3/b14-6+,16-8+/t28-/m1/s1.